The molecule has 0 saturated carbocycles. The number of rotatable bonds is 6. The highest BCUT2D eigenvalue weighted by atomic mass is 35.5. The van der Waals surface area contributed by atoms with Crippen LogP contribution in [-0.2, 0) is 10.6 Å². The molecule has 2 nitrogen and oxygen atoms in total. The van der Waals surface area contributed by atoms with Crippen LogP contribution in [0.1, 0.15) is 12.5 Å². The quantitative estimate of drug-likeness (QED) is 0.555. The van der Waals surface area contributed by atoms with E-state index in [9.17, 15) is 4.39 Å². The topological polar surface area (TPSA) is 18.5 Å². The van der Waals surface area contributed by atoms with Crippen molar-refractivity contribution >= 4 is 11.6 Å². The Morgan fingerprint density at radius 2 is 2.13 bits per heavy atom. The van der Waals surface area contributed by atoms with Crippen LogP contribution in [0.15, 0.2) is 18.2 Å². The smallest absolute Gasteiger partial charge is 0.165 e. The third-order valence-electron chi connectivity index (χ3n) is 1.87. The molecule has 84 valence electrons. The second kappa shape index (κ2) is 6.64. The van der Waals surface area contributed by atoms with Gasteiger partial charge in [0.05, 0.1) is 12.5 Å². The van der Waals surface area contributed by atoms with E-state index in [0.29, 0.717) is 25.4 Å². The van der Waals surface area contributed by atoms with E-state index in [1.165, 1.54) is 6.07 Å². The van der Waals surface area contributed by atoms with Crippen molar-refractivity contribution in [2.24, 2.45) is 0 Å². The Bertz CT molecular complexity index is 305. The number of para-hydroxylation sites is 1. The van der Waals surface area contributed by atoms with Crippen LogP contribution in [0.5, 0.6) is 5.75 Å². The fraction of sp³-hybridized carbons (Fsp3) is 0.455. The SMILES string of the molecule is CCOCCOc1c(F)cccc1CCl. The number of hydrogen-bond donors (Lipinski definition) is 0. The molecule has 0 aliphatic rings. The summed E-state index contributed by atoms with van der Waals surface area (Å²) in [6.45, 7) is 3.31. The molecule has 0 amide bonds. The van der Waals surface area contributed by atoms with Crippen molar-refractivity contribution in [1.29, 1.82) is 0 Å². The number of hydrogen-bond acceptors (Lipinski definition) is 2. The monoisotopic (exact) mass is 232 g/mol. The number of alkyl halides is 1. The third-order valence-corrected chi connectivity index (χ3v) is 2.16. The fourth-order valence-corrected chi connectivity index (χ4v) is 1.38. The van der Waals surface area contributed by atoms with Gasteiger partial charge < -0.3 is 9.47 Å². The Kier molecular flexibility index (Phi) is 5.43. The standard InChI is InChI=1S/C11H14ClFO2/c1-2-14-6-7-15-11-9(8-12)4-3-5-10(11)13/h3-5H,2,6-8H2,1H3. The molecule has 4 heteroatoms. The molecule has 0 bridgehead atoms. The number of ether oxygens (including phenoxy) is 2. The Morgan fingerprint density at radius 3 is 2.80 bits per heavy atom. The largest absolute Gasteiger partial charge is 0.488 e. The van der Waals surface area contributed by atoms with Gasteiger partial charge >= 0.3 is 0 Å². The van der Waals surface area contributed by atoms with Crippen LogP contribution in [0.3, 0.4) is 0 Å². The molecule has 15 heavy (non-hydrogen) atoms. The van der Waals surface area contributed by atoms with E-state index in [-0.39, 0.29) is 17.4 Å². The molecular weight excluding hydrogens is 219 g/mol. The second-order valence-electron chi connectivity index (χ2n) is 2.91. The van der Waals surface area contributed by atoms with Crippen molar-refractivity contribution in [3.63, 3.8) is 0 Å². The summed E-state index contributed by atoms with van der Waals surface area (Å²) in [6, 6.07) is 4.71. The Hall–Kier alpha value is -0.800. The van der Waals surface area contributed by atoms with E-state index in [4.69, 9.17) is 21.1 Å². The third kappa shape index (κ3) is 3.68. The van der Waals surface area contributed by atoms with Gasteiger partial charge in [0.1, 0.15) is 6.61 Å². The minimum atomic E-state index is -0.385. The first-order valence-corrected chi connectivity index (χ1v) is 5.37. The minimum Gasteiger partial charge on any atom is -0.488 e. The lowest BCUT2D eigenvalue weighted by molar-refractivity contribution is 0.108. The zero-order valence-electron chi connectivity index (χ0n) is 8.63. The van der Waals surface area contributed by atoms with E-state index < -0.39 is 0 Å². The van der Waals surface area contributed by atoms with Crippen LogP contribution >= 0.6 is 11.6 Å². The van der Waals surface area contributed by atoms with Gasteiger partial charge in [0.25, 0.3) is 0 Å². The van der Waals surface area contributed by atoms with Gasteiger partial charge in [-0.1, -0.05) is 12.1 Å². The van der Waals surface area contributed by atoms with Crippen molar-refractivity contribution in [2.45, 2.75) is 12.8 Å². The lowest BCUT2D eigenvalue weighted by Gasteiger charge is -2.10. The summed E-state index contributed by atoms with van der Waals surface area (Å²) >= 11 is 5.67. The normalized spacial score (nSPS) is 10.3. The first kappa shape index (κ1) is 12.3. The molecule has 0 spiro atoms. The molecule has 0 unspecified atom stereocenters. The molecule has 1 rings (SSSR count). The summed E-state index contributed by atoms with van der Waals surface area (Å²) in [5.41, 5.74) is 0.660. The second-order valence-corrected chi connectivity index (χ2v) is 3.17. The zero-order valence-corrected chi connectivity index (χ0v) is 9.39. The Labute approximate surface area is 94.0 Å². The predicted molar refractivity (Wildman–Crippen MR) is 57.9 cm³/mol. The summed E-state index contributed by atoms with van der Waals surface area (Å²) in [5.74, 6) is 0.0821. The van der Waals surface area contributed by atoms with Gasteiger partial charge in [-0.3, -0.25) is 0 Å². The fourth-order valence-electron chi connectivity index (χ4n) is 1.17. The van der Waals surface area contributed by atoms with E-state index in [0.717, 1.165) is 0 Å². The van der Waals surface area contributed by atoms with Crippen LogP contribution in [0.25, 0.3) is 0 Å². The van der Waals surface area contributed by atoms with Gasteiger partial charge in [0.2, 0.25) is 0 Å². The van der Waals surface area contributed by atoms with Gasteiger partial charge in [-0.15, -0.1) is 11.6 Å². The first-order chi connectivity index (χ1) is 7.29. The average Bonchev–Trinajstić information content (AvgIpc) is 2.26. The molecule has 0 aromatic heterocycles. The lowest BCUT2D eigenvalue weighted by Crippen LogP contribution is -2.08. The van der Waals surface area contributed by atoms with Crippen LogP contribution in [0.4, 0.5) is 4.39 Å². The molecule has 1 aromatic carbocycles. The number of halogens is 2. The first-order valence-electron chi connectivity index (χ1n) is 4.83. The van der Waals surface area contributed by atoms with Gasteiger partial charge in [-0.2, -0.15) is 0 Å². The van der Waals surface area contributed by atoms with Crippen LogP contribution in [0, 0.1) is 5.82 Å². The molecule has 0 atom stereocenters. The van der Waals surface area contributed by atoms with Gasteiger partial charge in [0, 0.05) is 12.2 Å². The summed E-state index contributed by atoms with van der Waals surface area (Å²) in [4.78, 5) is 0. The maximum Gasteiger partial charge on any atom is 0.165 e. The van der Waals surface area contributed by atoms with Crippen molar-refractivity contribution in [3.05, 3.63) is 29.6 Å². The van der Waals surface area contributed by atoms with E-state index in [2.05, 4.69) is 0 Å². The van der Waals surface area contributed by atoms with Crippen molar-refractivity contribution < 1.29 is 13.9 Å². The molecule has 0 radical (unpaired) electrons. The summed E-state index contributed by atoms with van der Waals surface area (Å²) in [7, 11) is 0. The van der Waals surface area contributed by atoms with Crippen LogP contribution in [0.2, 0.25) is 0 Å². The molecular formula is C11H14ClFO2. The maximum atomic E-state index is 13.3. The van der Waals surface area contributed by atoms with Gasteiger partial charge in [0.15, 0.2) is 11.6 Å². The van der Waals surface area contributed by atoms with Crippen LogP contribution < -0.4 is 4.74 Å². The predicted octanol–water partition coefficient (Wildman–Crippen LogP) is 2.98. The molecule has 0 aliphatic heterocycles. The van der Waals surface area contributed by atoms with Crippen molar-refractivity contribution in [1.82, 2.24) is 0 Å². The average molecular weight is 233 g/mol. The van der Waals surface area contributed by atoms with E-state index >= 15 is 0 Å². The van der Waals surface area contributed by atoms with E-state index in [1.54, 1.807) is 12.1 Å². The minimum absolute atomic E-state index is 0.229. The van der Waals surface area contributed by atoms with Gasteiger partial charge in [-0.25, -0.2) is 4.39 Å². The molecule has 0 heterocycles. The summed E-state index contributed by atoms with van der Waals surface area (Å²) < 4.78 is 23.7. The highest BCUT2D eigenvalue weighted by Crippen LogP contribution is 2.23. The van der Waals surface area contributed by atoms with E-state index in [1.807, 2.05) is 6.92 Å². The molecule has 0 fully saturated rings. The maximum absolute atomic E-state index is 13.3. The van der Waals surface area contributed by atoms with Crippen molar-refractivity contribution in [3.8, 4) is 5.75 Å². The highest BCUT2D eigenvalue weighted by molar-refractivity contribution is 6.17. The molecule has 0 aliphatic carbocycles. The van der Waals surface area contributed by atoms with Crippen LogP contribution in [-0.4, -0.2) is 19.8 Å². The van der Waals surface area contributed by atoms with Gasteiger partial charge in [-0.05, 0) is 13.0 Å². The summed E-state index contributed by atoms with van der Waals surface area (Å²) in [6.07, 6.45) is 0. The van der Waals surface area contributed by atoms with Crippen molar-refractivity contribution in [2.75, 3.05) is 19.8 Å². The Balaban J connectivity index is 2.58. The highest BCUT2D eigenvalue weighted by Gasteiger charge is 2.08. The zero-order chi connectivity index (χ0) is 11.1. The number of benzene rings is 1. The molecule has 1 aromatic rings. The molecule has 0 N–H and O–H groups in total. The molecule has 0 saturated heterocycles. The Morgan fingerprint density at radius 1 is 1.33 bits per heavy atom. The lowest BCUT2D eigenvalue weighted by atomic mass is 10.2. The summed E-state index contributed by atoms with van der Waals surface area (Å²) in [5, 5.41) is 0.